The Bertz CT molecular complexity index is 1410. The molecule has 4 aromatic rings. The minimum absolute atomic E-state index is 0.0994. The molecule has 0 radical (unpaired) electrons. The van der Waals surface area contributed by atoms with Crippen molar-refractivity contribution in [1.29, 1.82) is 0 Å². The molecule has 2 N–H and O–H groups in total. The lowest BCUT2D eigenvalue weighted by Crippen LogP contribution is -2.17. The molecule has 194 valence electrons. The number of hydrogen-bond acceptors (Lipinski definition) is 5. The van der Waals surface area contributed by atoms with Crippen LogP contribution >= 0.6 is 0 Å². The Morgan fingerprint density at radius 3 is 2.61 bits per heavy atom. The SMILES string of the molecule is Cc1cccc(C(=O)Nc2ccc(C3Cc4cnc(NCCCCN(C)C)nc4-c4ccccc43)cc2)c1. The standard InChI is InChI=1S/C32H35N5O/c1-22-9-8-10-24(19-22)31(38)35-26-15-13-23(14-16-26)29-20-25-21-34-32(33-17-6-7-18-37(2)3)36-30(25)28-12-5-4-11-27(28)29/h4-5,8-16,19,21,29H,6-7,17-18,20H2,1-3H3,(H,35,38)(H,33,34,36). The molecular weight excluding hydrogens is 470 g/mol. The van der Waals surface area contributed by atoms with Crippen LogP contribution in [0, 0.1) is 6.92 Å². The van der Waals surface area contributed by atoms with E-state index in [1.165, 1.54) is 11.1 Å². The summed E-state index contributed by atoms with van der Waals surface area (Å²) in [6, 6.07) is 24.4. The van der Waals surface area contributed by atoms with Crippen molar-refractivity contribution >= 4 is 17.5 Å². The van der Waals surface area contributed by atoms with Crippen molar-refractivity contribution < 1.29 is 4.79 Å². The number of rotatable bonds is 9. The summed E-state index contributed by atoms with van der Waals surface area (Å²) < 4.78 is 0. The number of benzene rings is 3. The van der Waals surface area contributed by atoms with E-state index in [4.69, 9.17) is 4.98 Å². The highest BCUT2D eigenvalue weighted by molar-refractivity contribution is 6.04. The maximum atomic E-state index is 12.7. The van der Waals surface area contributed by atoms with Gasteiger partial charge in [0, 0.05) is 35.5 Å². The van der Waals surface area contributed by atoms with Crippen molar-refractivity contribution in [3.05, 3.63) is 107 Å². The number of unbranched alkanes of at least 4 members (excludes halogenated alkanes) is 1. The molecule has 0 spiro atoms. The van der Waals surface area contributed by atoms with Gasteiger partial charge in [0.15, 0.2) is 0 Å². The Balaban J connectivity index is 1.31. The van der Waals surface area contributed by atoms with Gasteiger partial charge in [0.25, 0.3) is 5.91 Å². The Hall–Kier alpha value is -4.03. The smallest absolute Gasteiger partial charge is 0.255 e. The van der Waals surface area contributed by atoms with Crippen LogP contribution in [0.5, 0.6) is 0 Å². The number of nitrogens with one attached hydrogen (secondary N) is 2. The number of carbonyl (C=O) groups excluding carboxylic acids is 1. The molecule has 1 unspecified atom stereocenters. The minimum atomic E-state index is -0.0994. The van der Waals surface area contributed by atoms with Crippen LogP contribution in [-0.4, -0.2) is 48.0 Å². The molecule has 1 amide bonds. The van der Waals surface area contributed by atoms with E-state index in [1.807, 2.05) is 49.5 Å². The number of carbonyl (C=O) groups is 1. The predicted octanol–water partition coefficient (Wildman–Crippen LogP) is 6.15. The third-order valence-corrected chi connectivity index (χ3v) is 7.05. The number of aromatic nitrogens is 2. The second kappa shape index (κ2) is 11.6. The lowest BCUT2D eigenvalue weighted by Gasteiger charge is -2.27. The molecule has 3 aromatic carbocycles. The van der Waals surface area contributed by atoms with Crippen LogP contribution in [0.25, 0.3) is 11.3 Å². The summed E-state index contributed by atoms with van der Waals surface area (Å²) in [5.41, 5.74) is 8.33. The average molecular weight is 506 g/mol. The monoisotopic (exact) mass is 505 g/mol. The molecule has 1 atom stereocenters. The Morgan fingerprint density at radius 2 is 1.82 bits per heavy atom. The lowest BCUT2D eigenvalue weighted by molar-refractivity contribution is 0.102. The zero-order valence-corrected chi connectivity index (χ0v) is 22.4. The Labute approximate surface area is 225 Å². The summed E-state index contributed by atoms with van der Waals surface area (Å²) in [6.45, 7) is 3.94. The van der Waals surface area contributed by atoms with E-state index < -0.39 is 0 Å². The van der Waals surface area contributed by atoms with E-state index in [0.717, 1.165) is 60.4 Å². The first-order valence-corrected chi connectivity index (χ1v) is 13.3. The number of fused-ring (bicyclic) bond motifs is 3. The van der Waals surface area contributed by atoms with Crippen LogP contribution < -0.4 is 10.6 Å². The molecule has 0 aliphatic heterocycles. The fourth-order valence-corrected chi connectivity index (χ4v) is 5.06. The number of anilines is 2. The van der Waals surface area contributed by atoms with E-state index >= 15 is 0 Å². The number of nitrogens with zero attached hydrogens (tertiary/aromatic N) is 3. The highest BCUT2D eigenvalue weighted by Crippen LogP contribution is 2.42. The first-order valence-electron chi connectivity index (χ1n) is 13.3. The number of aryl methyl sites for hydroxylation is 1. The van der Waals surface area contributed by atoms with Gasteiger partial charge >= 0.3 is 0 Å². The van der Waals surface area contributed by atoms with Crippen LogP contribution in [0.3, 0.4) is 0 Å². The fourth-order valence-electron chi connectivity index (χ4n) is 5.06. The van der Waals surface area contributed by atoms with Gasteiger partial charge in [-0.1, -0.05) is 54.1 Å². The molecule has 1 aromatic heterocycles. The molecule has 1 aliphatic carbocycles. The van der Waals surface area contributed by atoms with Crippen LogP contribution in [-0.2, 0) is 6.42 Å². The zero-order valence-electron chi connectivity index (χ0n) is 22.4. The molecule has 1 aliphatic rings. The summed E-state index contributed by atoms with van der Waals surface area (Å²) in [7, 11) is 4.20. The Morgan fingerprint density at radius 1 is 1.00 bits per heavy atom. The predicted molar refractivity (Wildman–Crippen MR) is 155 cm³/mol. The maximum absolute atomic E-state index is 12.7. The van der Waals surface area contributed by atoms with Crippen molar-refractivity contribution in [2.45, 2.75) is 32.1 Å². The van der Waals surface area contributed by atoms with E-state index in [1.54, 1.807) is 0 Å². The van der Waals surface area contributed by atoms with Gasteiger partial charge in [0.1, 0.15) is 0 Å². The van der Waals surface area contributed by atoms with E-state index in [2.05, 4.69) is 71.0 Å². The number of amides is 1. The summed E-state index contributed by atoms with van der Waals surface area (Å²) in [6.07, 6.45) is 5.04. The molecule has 0 saturated heterocycles. The molecular formula is C32H35N5O. The summed E-state index contributed by atoms with van der Waals surface area (Å²) in [4.78, 5) is 24.4. The van der Waals surface area contributed by atoms with Crippen molar-refractivity contribution in [3.8, 4) is 11.3 Å². The first-order chi connectivity index (χ1) is 18.5. The van der Waals surface area contributed by atoms with Crippen LogP contribution in [0.15, 0.2) is 79.0 Å². The molecule has 6 heteroatoms. The summed E-state index contributed by atoms with van der Waals surface area (Å²) in [5, 5.41) is 6.42. The second-order valence-electron chi connectivity index (χ2n) is 10.3. The van der Waals surface area contributed by atoms with Gasteiger partial charge < -0.3 is 15.5 Å². The minimum Gasteiger partial charge on any atom is -0.354 e. The van der Waals surface area contributed by atoms with Gasteiger partial charge in [0.05, 0.1) is 5.69 Å². The van der Waals surface area contributed by atoms with Crippen molar-refractivity contribution in [3.63, 3.8) is 0 Å². The van der Waals surface area contributed by atoms with Crippen LogP contribution in [0.2, 0.25) is 0 Å². The number of hydrogen-bond donors (Lipinski definition) is 2. The van der Waals surface area contributed by atoms with Gasteiger partial charge in [-0.25, -0.2) is 9.97 Å². The van der Waals surface area contributed by atoms with Gasteiger partial charge in [-0.2, -0.15) is 0 Å². The largest absolute Gasteiger partial charge is 0.354 e. The van der Waals surface area contributed by atoms with Crippen molar-refractivity contribution in [2.24, 2.45) is 0 Å². The van der Waals surface area contributed by atoms with E-state index in [9.17, 15) is 4.79 Å². The molecule has 0 saturated carbocycles. The summed E-state index contributed by atoms with van der Waals surface area (Å²) >= 11 is 0. The van der Waals surface area contributed by atoms with Crippen molar-refractivity contribution in [1.82, 2.24) is 14.9 Å². The second-order valence-corrected chi connectivity index (χ2v) is 10.3. The fraction of sp³-hybridized carbons (Fsp3) is 0.281. The van der Waals surface area contributed by atoms with Crippen LogP contribution in [0.4, 0.5) is 11.6 Å². The molecule has 38 heavy (non-hydrogen) atoms. The molecule has 0 bridgehead atoms. The zero-order chi connectivity index (χ0) is 26.5. The van der Waals surface area contributed by atoms with Gasteiger partial charge in [-0.3, -0.25) is 4.79 Å². The average Bonchev–Trinajstić information content (AvgIpc) is 2.93. The van der Waals surface area contributed by atoms with Crippen LogP contribution in [0.1, 0.15) is 51.4 Å². The van der Waals surface area contributed by atoms with Crippen molar-refractivity contribution in [2.75, 3.05) is 37.8 Å². The third kappa shape index (κ3) is 5.92. The normalized spacial score (nSPS) is 14.1. The highest BCUT2D eigenvalue weighted by Gasteiger charge is 2.27. The topological polar surface area (TPSA) is 70.2 Å². The lowest BCUT2D eigenvalue weighted by atomic mass is 9.78. The molecule has 0 fully saturated rings. The molecule has 5 rings (SSSR count). The van der Waals surface area contributed by atoms with E-state index in [0.29, 0.717) is 11.5 Å². The maximum Gasteiger partial charge on any atom is 0.255 e. The Kier molecular flexibility index (Phi) is 7.80. The van der Waals surface area contributed by atoms with E-state index in [-0.39, 0.29) is 11.8 Å². The molecule has 1 heterocycles. The first kappa shape index (κ1) is 25.6. The quantitative estimate of drug-likeness (QED) is 0.267. The molecule has 6 nitrogen and oxygen atoms in total. The third-order valence-electron chi connectivity index (χ3n) is 7.05. The van der Waals surface area contributed by atoms with Gasteiger partial charge in [-0.15, -0.1) is 0 Å². The van der Waals surface area contributed by atoms with Gasteiger partial charge in [-0.05, 0) is 87.8 Å². The van der Waals surface area contributed by atoms with Gasteiger partial charge in [0.2, 0.25) is 5.95 Å². The summed E-state index contributed by atoms with van der Waals surface area (Å²) in [5.74, 6) is 0.793. The highest BCUT2D eigenvalue weighted by atomic mass is 16.1.